The Kier molecular flexibility index (Phi) is 14.1. The second kappa shape index (κ2) is 14.7. The third-order valence-electron chi connectivity index (χ3n) is 3.95. The molecule has 0 aromatic heterocycles. The first-order valence-electron chi connectivity index (χ1n) is 8.89. The molecular weight excluding hydrogens is 296 g/mol. The molecule has 0 saturated carbocycles. The van der Waals surface area contributed by atoms with Crippen LogP contribution >= 0.6 is 0 Å². The average Bonchev–Trinajstić information content (AvgIpc) is 2.49. The number of aliphatic carboxylic acids is 1. The lowest BCUT2D eigenvalue weighted by atomic mass is 10.0. The minimum atomic E-state index is -0.948. The van der Waals surface area contributed by atoms with Crippen LogP contribution in [0.5, 0.6) is 0 Å². The van der Waals surface area contributed by atoms with Crippen LogP contribution in [0.25, 0.3) is 0 Å². The van der Waals surface area contributed by atoms with Crippen LogP contribution in [0.2, 0.25) is 0 Å². The highest BCUT2D eigenvalue weighted by Gasteiger charge is 2.10. The van der Waals surface area contributed by atoms with Crippen LogP contribution in [0, 0.1) is 0 Å². The number of carboxylic acid groups (broad SMARTS) is 1. The lowest BCUT2D eigenvalue weighted by Gasteiger charge is -2.14. The Morgan fingerprint density at radius 2 is 1.30 bits per heavy atom. The highest BCUT2D eigenvalue weighted by atomic mass is 16.4. The fraction of sp³-hybridized carbons (Fsp3) is 0.833. The van der Waals surface area contributed by atoms with Crippen molar-refractivity contribution in [1.29, 1.82) is 0 Å². The molecule has 23 heavy (non-hydrogen) atoms. The molecule has 0 saturated heterocycles. The van der Waals surface area contributed by atoms with Crippen molar-refractivity contribution in [2.45, 2.75) is 95.9 Å². The first kappa shape index (κ1) is 22.1. The minimum absolute atomic E-state index is 0.214. The third kappa shape index (κ3) is 15.8. The Balaban J connectivity index is 3.53. The molecule has 5 heteroatoms. The molecule has 0 heterocycles. The molecule has 0 aromatic carbocycles. The van der Waals surface area contributed by atoms with Gasteiger partial charge in [0.25, 0.3) is 0 Å². The summed E-state index contributed by atoms with van der Waals surface area (Å²) in [6, 6.07) is 0. The molecule has 0 amide bonds. The van der Waals surface area contributed by atoms with Crippen LogP contribution in [-0.4, -0.2) is 44.7 Å². The summed E-state index contributed by atoms with van der Waals surface area (Å²) in [5.74, 6) is -0.948. The van der Waals surface area contributed by atoms with E-state index in [0.29, 0.717) is 32.1 Å². The molecule has 0 radical (unpaired) electrons. The molecule has 4 N–H and O–H groups in total. The van der Waals surface area contributed by atoms with E-state index in [2.05, 4.69) is 6.92 Å². The lowest BCUT2D eigenvalue weighted by Crippen LogP contribution is -2.13. The Bertz CT molecular complexity index is 317. The topological polar surface area (TPSA) is 98.0 Å². The Morgan fingerprint density at radius 1 is 0.826 bits per heavy atom. The highest BCUT2D eigenvalue weighted by Crippen LogP contribution is 2.14. The van der Waals surface area contributed by atoms with Crippen LogP contribution in [0.1, 0.15) is 77.6 Å². The Hall–Kier alpha value is -0.910. The third-order valence-corrected chi connectivity index (χ3v) is 3.95. The number of unbranched alkanes of at least 4 members (excludes halogenated alkanes) is 2. The van der Waals surface area contributed by atoms with Gasteiger partial charge in [0.05, 0.1) is 18.3 Å². The molecule has 0 aliphatic carbocycles. The largest absolute Gasteiger partial charge is 0.478 e. The molecule has 0 rings (SSSR count). The molecule has 0 aromatic rings. The van der Waals surface area contributed by atoms with Gasteiger partial charge in [-0.15, -0.1) is 0 Å². The SMILES string of the molecule is CCCC(O)CCCCC(O)CCC(O)CCCC=CC(=O)O. The molecule has 3 unspecified atom stereocenters. The lowest BCUT2D eigenvalue weighted by molar-refractivity contribution is -0.131. The van der Waals surface area contributed by atoms with Crippen molar-refractivity contribution in [3.8, 4) is 0 Å². The van der Waals surface area contributed by atoms with Gasteiger partial charge >= 0.3 is 5.97 Å². The van der Waals surface area contributed by atoms with Crippen molar-refractivity contribution in [3.63, 3.8) is 0 Å². The number of hydrogen-bond donors (Lipinski definition) is 4. The van der Waals surface area contributed by atoms with E-state index >= 15 is 0 Å². The summed E-state index contributed by atoms with van der Waals surface area (Å²) in [6.07, 6.45) is 10.0. The van der Waals surface area contributed by atoms with E-state index in [-0.39, 0.29) is 12.2 Å². The number of allylic oxidation sites excluding steroid dienone is 1. The van der Waals surface area contributed by atoms with Crippen molar-refractivity contribution in [2.75, 3.05) is 0 Å². The van der Waals surface area contributed by atoms with Crippen LogP contribution < -0.4 is 0 Å². The first-order chi connectivity index (χ1) is 11.0. The van der Waals surface area contributed by atoms with Crippen molar-refractivity contribution in [2.24, 2.45) is 0 Å². The van der Waals surface area contributed by atoms with Gasteiger partial charge in [-0.05, 0) is 51.4 Å². The predicted octanol–water partition coefficient (Wildman–Crippen LogP) is 3.02. The molecule has 136 valence electrons. The van der Waals surface area contributed by atoms with Gasteiger partial charge in [-0.1, -0.05) is 32.3 Å². The highest BCUT2D eigenvalue weighted by molar-refractivity contribution is 5.79. The van der Waals surface area contributed by atoms with E-state index < -0.39 is 12.1 Å². The summed E-state index contributed by atoms with van der Waals surface area (Å²) in [5.41, 5.74) is 0. The van der Waals surface area contributed by atoms with Crippen LogP contribution in [0.4, 0.5) is 0 Å². The normalized spacial score (nSPS) is 15.7. The minimum Gasteiger partial charge on any atom is -0.478 e. The maximum absolute atomic E-state index is 10.3. The van der Waals surface area contributed by atoms with Crippen molar-refractivity contribution in [3.05, 3.63) is 12.2 Å². The zero-order valence-corrected chi connectivity index (χ0v) is 14.4. The van der Waals surface area contributed by atoms with Gasteiger partial charge in [-0.3, -0.25) is 0 Å². The second-order valence-corrected chi connectivity index (χ2v) is 6.28. The number of aliphatic hydroxyl groups excluding tert-OH is 3. The van der Waals surface area contributed by atoms with Gasteiger partial charge in [0.2, 0.25) is 0 Å². The molecule has 5 nitrogen and oxygen atoms in total. The summed E-state index contributed by atoms with van der Waals surface area (Å²) in [4.78, 5) is 10.3. The van der Waals surface area contributed by atoms with Gasteiger partial charge in [0.15, 0.2) is 0 Å². The van der Waals surface area contributed by atoms with E-state index in [9.17, 15) is 20.1 Å². The van der Waals surface area contributed by atoms with E-state index in [1.54, 1.807) is 6.08 Å². The van der Waals surface area contributed by atoms with Crippen molar-refractivity contribution < 1.29 is 25.2 Å². The number of carbonyl (C=O) groups is 1. The van der Waals surface area contributed by atoms with Crippen LogP contribution in [0.3, 0.4) is 0 Å². The second-order valence-electron chi connectivity index (χ2n) is 6.28. The molecule has 0 spiro atoms. The summed E-state index contributed by atoms with van der Waals surface area (Å²) in [6.45, 7) is 2.06. The maximum Gasteiger partial charge on any atom is 0.327 e. The smallest absolute Gasteiger partial charge is 0.327 e. The summed E-state index contributed by atoms with van der Waals surface area (Å²) >= 11 is 0. The Morgan fingerprint density at radius 3 is 1.78 bits per heavy atom. The van der Waals surface area contributed by atoms with E-state index in [1.807, 2.05) is 0 Å². The number of aliphatic hydroxyl groups is 3. The van der Waals surface area contributed by atoms with Gasteiger partial charge in [-0.2, -0.15) is 0 Å². The standard InChI is InChI=1S/C18H34O5/c1-2-8-15(19)10-6-7-11-17(21)14-13-16(20)9-4-3-5-12-18(22)23/h5,12,15-17,19-21H,2-4,6-11,13-14H2,1H3,(H,22,23). The fourth-order valence-corrected chi connectivity index (χ4v) is 2.57. The zero-order chi connectivity index (χ0) is 17.5. The predicted molar refractivity (Wildman–Crippen MR) is 91.3 cm³/mol. The molecule has 3 atom stereocenters. The van der Waals surface area contributed by atoms with Crippen molar-refractivity contribution in [1.82, 2.24) is 0 Å². The van der Waals surface area contributed by atoms with Crippen molar-refractivity contribution >= 4 is 5.97 Å². The molecule has 0 bridgehead atoms. The summed E-state index contributed by atoms with van der Waals surface area (Å²) in [7, 11) is 0. The number of hydrogen-bond acceptors (Lipinski definition) is 4. The van der Waals surface area contributed by atoms with Gasteiger partial charge in [0, 0.05) is 6.08 Å². The van der Waals surface area contributed by atoms with Gasteiger partial charge in [-0.25, -0.2) is 4.79 Å². The van der Waals surface area contributed by atoms with Gasteiger partial charge < -0.3 is 20.4 Å². The monoisotopic (exact) mass is 330 g/mol. The average molecular weight is 330 g/mol. The summed E-state index contributed by atoms with van der Waals surface area (Å²) < 4.78 is 0. The maximum atomic E-state index is 10.3. The number of rotatable bonds is 15. The quantitative estimate of drug-likeness (QED) is 0.273. The number of carboxylic acids is 1. The molecule has 0 fully saturated rings. The van der Waals surface area contributed by atoms with Crippen LogP contribution in [0.15, 0.2) is 12.2 Å². The molecule has 0 aliphatic rings. The van der Waals surface area contributed by atoms with E-state index in [0.717, 1.165) is 44.6 Å². The molecular formula is C18H34O5. The zero-order valence-electron chi connectivity index (χ0n) is 14.4. The fourth-order valence-electron chi connectivity index (χ4n) is 2.57. The van der Waals surface area contributed by atoms with Crippen LogP contribution in [-0.2, 0) is 4.79 Å². The summed E-state index contributed by atoms with van der Waals surface area (Å²) in [5, 5.41) is 37.8. The Labute approximate surface area is 140 Å². The van der Waals surface area contributed by atoms with Gasteiger partial charge in [0.1, 0.15) is 0 Å². The van der Waals surface area contributed by atoms with E-state index in [4.69, 9.17) is 5.11 Å². The first-order valence-corrected chi connectivity index (χ1v) is 8.89. The molecule has 0 aliphatic heterocycles. The van der Waals surface area contributed by atoms with E-state index in [1.165, 1.54) is 0 Å².